The highest BCUT2D eigenvalue weighted by atomic mass is 35.5. The molecule has 8 nitrogen and oxygen atoms in total. The van der Waals surface area contributed by atoms with Crippen molar-refractivity contribution in [3.63, 3.8) is 0 Å². The lowest BCUT2D eigenvalue weighted by Gasteiger charge is -2.34. The van der Waals surface area contributed by atoms with Gasteiger partial charge < -0.3 is 15.0 Å². The van der Waals surface area contributed by atoms with Crippen molar-refractivity contribution in [3.8, 4) is 5.75 Å². The number of methoxy groups -OCH3 is 1. The number of likely N-dealkylation sites (N-methyl/N-ethyl adjacent to an activating group) is 1. The largest absolute Gasteiger partial charge is 0.497 e. The second kappa shape index (κ2) is 14.7. The third kappa shape index (κ3) is 8.15. The molecule has 4 rings (SSSR count). The molecule has 10 heteroatoms. The van der Waals surface area contributed by atoms with Gasteiger partial charge in [-0.25, -0.2) is 8.42 Å². The summed E-state index contributed by atoms with van der Waals surface area (Å²) in [5, 5.41) is 3.33. The fraction of sp³-hybridized carbons (Fsp3) is 0.212. The van der Waals surface area contributed by atoms with Gasteiger partial charge in [-0.15, -0.1) is 0 Å². The van der Waals surface area contributed by atoms with Crippen LogP contribution in [0.5, 0.6) is 5.75 Å². The van der Waals surface area contributed by atoms with Gasteiger partial charge in [-0.05, 0) is 66.6 Å². The van der Waals surface area contributed by atoms with Gasteiger partial charge in [0.25, 0.3) is 10.0 Å². The Morgan fingerprint density at radius 3 is 2.09 bits per heavy atom. The lowest BCUT2D eigenvalue weighted by Crippen LogP contribution is -2.53. The Kier molecular flexibility index (Phi) is 10.8. The quantitative estimate of drug-likeness (QED) is 0.219. The van der Waals surface area contributed by atoms with Crippen molar-refractivity contribution in [3.05, 3.63) is 125 Å². The number of sulfonamides is 1. The van der Waals surface area contributed by atoms with Crippen molar-refractivity contribution >= 4 is 39.1 Å². The first-order valence-corrected chi connectivity index (χ1v) is 15.6. The van der Waals surface area contributed by atoms with E-state index in [1.54, 1.807) is 67.6 Å². The van der Waals surface area contributed by atoms with Crippen LogP contribution in [-0.4, -0.2) is 51.4 Å². The van der Waals surface area contributed by atoms with Gasteiger partial charge in [-0.3, -0.25) is 13.9 Å². The first kappa shape index (κ1) is 31.6. The summed E-state index contributed by atoms with van der Waals surface area (Å²) in [6.45, 7) is 1.66. The van der Waals surface area contributed by atoms with Crippen LogP contribution >= 0.6 is 11.6 Å². The number of ether oxygens (including phenoxy) is 1. The number of hydrogen-bond acceptors (Lipinski definition) is 5. The van der Waals surface area contributed by atoms with Crippen LogP contribution in [0, 0.1) is 0 Å². The molecule has 0 aliphatic heterocycles. The lowest BCUT2D eigenvalue weighted by atomic mass is 10.0. The first-order valence-electron chi connectivity index (χ1n) is 13.8. The Hall–Kier alpha value is -4.34. The lowest BCUT2D eigenvalue weighted by molar-refractivity contribution is -0.140. The van der Waals surface area contributed by atoms with Gasteiger partial charge >= 0.3 is 0 Å². The van der Waals surface area contributed by atoms with E-state index in [0.717, 1.165) is 9.87 Å². The zero-order valence-electron chi connectivity index (χ0n) is 24.0. The van der Waals surface area contributed by atoms with Crippen LogP contribution in [0.2, 0.25) is 5.02 Å². The molecule has 4 aromatic rings. The predicted octanol–water partition coefficient (Wildman–Crippen LogP) is 5.32. The van der Waals surface area contributed by atoms with Gasteiger partial charge in [0.05, 0.1) is 17.7 Å². The van der Waals surface area contributed by atoms with Gasteiger partial charge in [0.1, 0.15) is 18.3 Å². The van der Waals surface area contributed by atoms with Crippen LogP contribution in [0.25, 0.3) is 0 Å². The highest BCUT2D eigenvalue weighted by Gasteiger charge is 2.34. The molecule has 1 N–H and O–H groups in total. The molecule has 0 heterocycles. The number of nitrogens with zero attached hydrogens (tertiary/aromatic N) is 2. The summed E-state index contributed by atoms with van der Waals surface area (Å²) in [5.41, 5.74) is 1.83. The standard InChI is InChI=1S/C33H34ClN3O5S/c1-3-35-33(39)31(22-25-11-6-4-7-12-25)36(23-26-13-10-14-27(34)21-26)32(38)24-37(28-17-19-29(42-2)20-18-28)43(40,41)30-15-8-5-9-16-30/h4-21,31H,3,22-24H2,1-2H3,(H,35,39). The molecule has 0 aliphatic carbocycles. The smallest absolute Gasteiger partial charge is 0.264 e. The van der Waals surface area contributed by atoms with E-state index in [2.05, 4.69) is 5.32 Å². The molecular weight excluding hydrogens is 586 g/mol. The summed E-state index contributed by atoms with van der Waals surface area (Å²) < 4.78 is 34.3. The number of amides is 2. The Labute approximate surface area is 257 Å². The van der Waals surface area contributed by atoms with Gasteiger partial charge in [0.15, 0.2) is 0 Å². The molecule has 0 spiro atoms. The molecule has 224 valence electrons. The summed E-state index contributed by atoms with van der Waals surface area (Å²) >= 11 is 6.27. The molecule has 1 atom stereocenters. The molecule has 2 amide bonds. The van der Waals surface area contributed by atoms with Crippen LogP contribution in [0.15, 0.2) is 114 Å². The van der Waals surface area contributed by atoms with Crippen molar-refractivity contribution in [1.29, 1.82) is 0 Å². The minimum atomic E-state index is -4.17. The monoisotopic (exact) mass is 619 g/mol. The van der Waals surface area contributed by atoms with Crippen molar-refractivity contribution in [2.45, 2.75) is 30.8 Å². The second-order valence-corrected chi connectivity index (χ2v) is 12.1. The Morgan fingerprint density at radius 2 is 1.49 bits per heavy atom. The fourth-order valence-electron chi connectivity index (χ4n) is 4.67. The first-order chi connectivity index (χ1) is 20.7. The minimum Gasteiger partial charge on any atom is -0.497 e. The van der Waals surface area contributed by atoms with E-state index in [0.29, 0.717) is 22.9 Å². The zero-order valence-corrected chi connectivity index (χ0v) is 25.6. The molecule has 0 aliphatic rings. The van der Waals surface area contributed by atoms with Gasteiger partial charge in [-0.2, -0.15) is 0 Å². The number of anilines is 1. The third-order valence-electron chi connectivity index (χ3n) is 6.83. The van der Waals surface area contributed by atoms with Crippen molar-refractivity contribution in [1.82, 2.24) is 10.2 Å². The summed E-state index contributed by atoms with van der Waals surface area (Å²) in [6.07, 6.45) is 0.229. The SMILES string of the molecule is CCNC(=O)C(Cc1ccccc1)N(Cc1cccc(Cl)c1)C(=O)CN(c1ccc(OC)cc1)S(=O)(=O)c1ccccc1. The van der Waals surface area contributed by atoms with Crippen LogP contribution in [0.4, 0.5) is 5.69 Å². The van der Waals surface area contributed by atoms with Crippen LogP contribution in [0.1, 0.15) is 18.1 Å². The van der Waals surface area contributed by atoms with Gasteiger partial charge in [0.2, 0.25) is 11.8 Å². The summed E-state index contributed by atoms with van der Waals surface area (Å²) in [4.78, 5) is 29.3. The fourth-order valence-corrected chi connectivity index (χ4v) is 6.32. The zero-order chi connectivity index (χ0) is 30.8. The van der Waals surface area contributed by atoms with E-state index in [9.17, 15) is 18.0 Å². The van der Waals surface area contributed by atoms with Gasteiger partial charge in [-0.1, -0.05) is 72.3 Å². The Bertz CT molecular complexity index is 1620. The highest BCUT2D eigenvalue weighted by Crippen LogP contribution is 2.27. The number of rotatable bonds is 13. The highest BCUT2D eigenvalue weighted by molar-refractivity contribution is 7.92. The van der Waals surface area contributed by atoms with E-state index in [1.165, 1.54) is 24.1 Å². The normalized spacial score (nSPS) is 11.8. The average Bonchev–Trinajstić information content (AvgIpc) is 3.02. The van der Waals surface area contributed by atoms with Crippen molar-refractivity contribution in [2.24, 2.45) is 0 Å². The molecule has 0 fully saturated rings. The average molecular weight is 620 g/mol. The molecule has 1 unspecified atom stereocenters. The van der Waals surface area contributed by atoms with Crippen LogP contribution in [-0.2, 0) is 32.6 Å². The molecule has 4 aromatic carbocycles. The van der Waals surface area contributed by atoms with E-state index >= 15 is 0 Å². The molecule has 0 radical (unpaired) electrons. The summed E-state index contributed by atoms with van der Waals surface area (Å²) in [5.74, 6) is -0.361. The van der Waals surface area contributed by atoms with Gasteiger partial charge in [0, 0.05) is 24.5 Å². The molecular formula is C33H34ClN3O5S. The van der Waals surface area contributed by atoms with E-state index in [-0.39, 0.29) is 29.5 Å². The Morgan fingerprint density at radius 1 is 0.860 bits per heavy atom. The number of carbonyl (C=O) groups is 2. The molecule has 0 bridgehead atoms. The number of benzene rings is 4. The number of nitrogens with one attached hydrogen (secondary N) is 1. The Balaban J connectivity index is 1.79. The van der Waals surface area contributed by atoms with E-state index < -0.39 is 28.5 Å². The maximum atomic E-state index is 14.3. The van der Waals surface area contributed by atoms with E-state index in [1.807, 2.05) is 36.4 Å². The second-order valence-electron chi connectivity index (χ2n) is 9.77. The summed E-state index contributed by atoms with van der Waals surface area (Å²) in [6, 6.07) is 29.8. The van der Waals surface area contributed by atoms with Crippen LogP contribution < -0.4 is 14.4 Å². The van der Waals surface area contributed by atoms with Crippen molar-refractivity contribution < 1.29 is 22.7 Å². The number of halogens is 1. The summed E-state index contributed by atoms with van der Waals surface area (Å²) in [7, 11) is -2.66. The van der Waals surface area contributed by atoms with Crippen molar-refractivity contribution in [2.75, 3.05) is 24.5 Å². The maximum absolute atomic E-state index is 14.3. The third-order valence-corrected chi connectivity index (χ3v) is 8.86. The number of carbonyl (C=O) groups excluding carboxylic acids is 2. The molecule has 0 saturated carbocycles. The predicted molar refractivity (Wildman–Crippen MR) is 169 cm³/mol. The minimum absolute atomic E-state index is 0.0320. The van der Waals surface area contributed by atoms with E-state index in [4.69, 9.17) is 16.3 Å². The van der Waals surface area contributed by atoms with Crippen LogP contribution in [0.3, 0.4) is 0 Å². The molecule has 0 saturated heterocycles. The number of hydrogen-bond donors (Lipinski definition) is 1. The molecule has 0 aromatic heterocycles. The molecule has 43 heavy (non-hydrogen) atoms. The maximum Gasteiger partial charge on any atom is 0.264 e. The topological polar surface area (TPSA) is 96.0 Å².